The van der Waals surface area contributed by atoms with Gasteiger partial charge in [-0.2, -0.15) is 18.2 Å². The summed E-state index contributed by atoms with van der Waals surface area (Å²) in [4.78, 5) is 18.4. The minimum atomic E-state index is -4.50. The number of benzene rings is 3. The van der Waals surface area contributed by atoms with E-state index in [-0.39, 0.29) is 30.6 Å². The van der Waals surface area contributed by atoms with Crippen molar-refractivity contribution in [3.8, 4) is 34.0 Å². The number of methoxy groups -OCH3 is 1. The zero-order valence-corrected chi connectivity index (χ0v) is 23.6. The lowest BCUT2D eigenvalue weighted by Crippen LogP contribution is -2.32. The fourth-order valence-electron chi connectivity index (χ4n) is 4.41. The van der Waals surface area contributed by atoms with E-state index < -0.39 is 17.3 Å². The Morgan fingerprint density at radius 2 is 1.63 bits per heavy atom. The van der Waals surface area contributed by atoms with Crippen molar-refractivity contribution in [1.82, 2.24) is 15.0 Å². The molecule has 7 nitrogen and oxygen atoms in total. The van der Waals surface area contributed by atoms with Crippen LogP contribution in [0, 0.1) is 0 Å². The van der Waals surface area contributed by atoms with Gasteiger partial charge in [0.2, 0.25) is 5.82 Å². The average Bonchev–Trinajstić information content (AvgIpc) is 3.38. The normalized spacial score (nSPS) is 12.1. The summed E-state index contributed by atoms with van der Waals surface area (Å²) >= 11 is 0. The van der Waals surface area contributed by atoms with Crippen molar-refractivity contribution < 1.29 is 32.0 Å². The van der Waals surface area contributed by atoms with Crippen LogP contribution in [-0.2, 0) is 33.6 Å². The third-order valence-corrected chi connectivity index (χ3v) is 6.08. The first-order valence-corrected chi connectivity index (χ1v) is 13.0. The van der Waals surface area contributed by atoms with Gasteiger partial charge in [0.05, 0.1) is 18.7 Å². The standard InChI is InChI=1S/C31H32F3N3O4/c1-30(2,3)40-27(38)18-37(4)17-20-10-12-21(13-11-20)28-35-29(41-36-28)22-14-15-24(23(16-22)19-39-5)25-8-6-7-9-26(25)31(32,33)34/h6-16H,17-19H2,1-5H3. The molecule has 0 atom stereocenters. The molecule has 0 saturated carbocycles. The van der Waals surface area contributed by atoms with Crippen molar-refractivity contribution in [3.05, 3.63) is 83.4 Å². The quantitative estimate of drug-likeness (QED) is 0.201. The summed E-state index contributed by atoms with van der Waals surface area (Å²) in [5.41, 5.74) is 2.07. The van der Waals surface area contributed by atoms with E-state index in [0.29, 0.717) is 29.1 Å². The van der Waals surface area contributed by atoms with Gasteiger partial charge >= 0.3 is 12.1 Å². The van der Waals surface area contributed by atoms with Crippen LogP contribution in [0.25, 0.3) is 34.0 Å². The van der Waals surface area contributed by atoms with Crippen LogP contribution in [0.3, 0.4) is 0 Å². The molecule has 10 heteroatoms. The van der Waals surface area contributed by atoms with Gasteiger partial charge in [0.25, 0.3) is 5.89 Å². The molecule has 0 fully saturated rings. The smallest absolute Gasteiger partial charge is 0.417 e. The number of ether oxygens (including phenoxy) is 2. The maximum absolute atomic E-state index is 13.7. The molecule has 0 aliphatic carbocycles. The number of hydrogen-bond acceptors (Lipinski definition) is 7. The van der Waals surface area contributed by atoms with Crippen LogP contribution in [0.1, 0.15) is 37.5 Å². The third-order valence-electron chi connectivity index (χ3n) is 6.08. The highest BCUT2D eigenvalue weighted by molar-refractivity contribution is 5.75. The predicted octanol–water partition coefficient (Wildman–Crippen LogP) is 7.01. The molecule has 0 N–H and O–H groups in total. The minimum Gasteiger partial charge on any atom is -0.459 e. The Balaban J connectivity index is 1.51. The minimum absolute atomic E-state index is 0.0710. The molecule has 0 saturated heterocycles. The van der Waals surface area contributed by atoms with Crippen LogP contribution >= 0.6 is 0 Å². The average molecular weight is 568 g/mol. The number of esters is 1. The molecule has 0 aliphatic heterocycles. The summed E-state index contributed by atoms with van der Waals surface area (Å²) in [6, 6.07) is 18.0. The molecule has 4 aromatic rings. The van der Waals surface area contributed by atoms with Crippen LogP contribution in [0.15, 0.2) is 71.3 Å². The fourth-order valence-corrected chi connectivity index (χ4v) is 4.41. The molecule has 0 amide bonds. The van der Waals surface area contributed by atoms with Gasteiger partial charge < -0.3 is 14.0 Å². The molecule has 1 heterocycles. The largest absolute Gasteiger partial charge is 0.459 e. The maximum atomic E-state index is 13.7. The molecule has 0 spiro atoms. The Labute approximate surface area is 236 Å². The van der Waals surface area contributed by atoms with Gasteiger partial charge in [0.15, 0.2) is 0 Å². The van der Waals surface area contributed by atoms with Crippen molar-refractivity contribution in [1.29, 1.82) is 0 Å². The summed E-state index contributed by atoms with van der Waals surface area (Å²) < 4.78 is 57.1. The van der Waals surface area contributed by atoms with E-state index in [1.807, 2.05) is 57.0 Å². The van der Waals surface area contributed by atoms with Crippen molar-refractivity contribution in [2.75, 3.05) is 20.7 Å². The lowest BCUT2D eigenvalue weighted by atomic mass is 9.94. The summed E-state index contributed by atoms with van der Waals surface area (Å²) in [7, 11) is 3.32. The zero-order chi connectivity index (χ0) is 29.8. The van der Waals surface area contributed by atoms with Gasteiger partial charge in [-0.25, -0.2) is 0 Å². The van der Waals surface area contributed by atoms with Crippen molar-refractivity contribution in [2.24, 2.45) is 0 Å². The summed E-state index contributed by atoms with van der Waals surface area (Å²) in [5.74, 6) is 0.310. The topological polar surface area (TPSA) is 77.7 Å². The molecule has 0 bridgehead atoms. The van der Waals surface area contributed by atoms with Crippen LogP contribution in [0.2, 0.25) is 0 Å². The molecular formula is C31H32F3N3O4. The Morgan fingerprint density at radius 1 is 0.951 bits per heavy atom. The molecule has 0 unspecified atom stereocenters. The fraction of sp³-hybridized carbons (Fsp3) is 0.323. The van der Waals surface area contributed by atoms with Gasteiger partial charge in [-0.1, -0.05) is 53.7 Å². The Hall–Kier alpha value is -4.02. The number of carbonyl (C=O) groups excluding carboxylic acids is 1. The highest BCUT2D eigenvalue weighted by Crippen LogP contribution is 2.39. The molecule has 0 aliphatic rings. The van der Waals surface area contributed by atoms with Gasteiger partial charge in [-0.15, -0.1) is 0 Å². The zero-order valence-electron chi connectivity index (χ0n) is 23.6. The number of likely N-dealkylation sites (N-methyl/N-ethyl adjacent to an activating group) is 1. The second-order valence-electron chi connectivity index (χ2n) is 10.7. The van der Waals surface area contributed by atoms with Crippen LogP contribution < -0.4 is 0 Å². The van der Waals surface area contributed by atoms with Crippen molar-refractivity contribution in [3.63, 3.8) is 0 Å². The first kappa shape index (κ1) is 30.0. The van der Waals surface area contributed by atoms with E-state index in [2.05, 4.69) is 10.1 Å². The molecule has 216 valence electrons. The number of nitrogens with zero attached hydrogens (tertiary/aromatic N) is 3. The summed E-state index contributed by atoms with van der Waals surface area (Å²) in [5, 5.41) is 4.09. The highest BCUT2D eigenvalue weighted by Gasteiger charge is 2.33. The second-order valence-corrected chi connectivity index (χ2v) is 10.7. The molecule has 3 aromatic carbocycles. The second kappa shape index (κ2) is 12.2. The van der Waals surface area contributed by atoms with Crippen LogP contribution in [0.5, 0.6) is 0 Å². The summed E-state index contributed by atoms with van der Waals surface area (Å²) in [6.07, 6.45) is -4.50. The monoisotopic (exact) mass is 567 g/mol. The highest BCUT2D eigenvalue weighted by atomic mass is 19.4. The Bertz CT molecular complexity index is 1490. The Morgan fingerprint density at radius 3 is 2.29 bits per heavy atom. The number of rotatable bonds is 9. The van der Waals surface area contributed by atoms with Gasteiger partial charge in [-0.05, 0) is 68.3 Å². The third kappa shape index (κ3) is 7.80. The number of aromatic nitrogens is 2. The number of hydrogen-bond donors (Lipinski definition) is 0. The maximum Gasteiger partial charge on any atom is 0.417 e. The van der Waals surface area contributed by atoms with E-state index in [1.54, 1.807) is 24.3 Å². The van der Waals surface area contributed by atoms with Crippen molar-refractivity contribution in [2.45, 2.75) is 45.7 Å². The van der Waals surface area contributed by atoms with Crippen molar-refractivity contribution >= 4 is 5.97 Å². The van der Waals surface area contributed by atoms with Gasteiger partial charge in [0.1, 0.15) is 5.60 Å². The molecule has 1 aromatic heterocycles. The number of halogens is 3. The van der Waals surface area contributed by atoms with E-state index >= 15 is 0 Å². The van der Waals surface area contributed by atoms with E-state index in [4.69, 9.17) is 14.0 Å². The first-order valence-electron chi connectivity index (χ1n) is 13.0. The van der Waals surface area contributed by atoms with E-state index in [0.717, 1.165) is 17.2 Å². The lowest BCUT2D eigenvalue weighted by Gasteiger charge is -2.22. The van der Waals surface area contributed by atoms with E-state index in [9.17, 15) is 18.0 Å². The predicted molar refractivity (Wildman–Crippen MR) is 148 cm³/mol. The molecular weight excluding hydrogens is 535 g/mol. The number of alkyl halides is 3. The first-order chi connectivity index (χ1) is 19.3. The molecule has 41 heavy (non-hydrogen) atoms. The molecule has 4 rings (SSSR count). The van der Waals surface area contributed by atoms with Gasteiger partial charge in [0, 0.05) is 24.8 Å². The lowest BCUT2D eigenvalue weighted by molar-refractivity contribution is -0.155. The number of carbonyl (C=O) groups is 1. The Kier molecular flexibility index (Phi) is 8.94. The SMILES string of the molecule is COCc1cc(-c2nc(-c3ccc(CN(C)CC(=O)OC(C)(C)C)cc3)no2)ccc1-c1ccccc1C(F)(F)F. The van der Waals surface area contributed by atoms with Crippen LogP contribution in [-0.4, -0.2) is 47.3 Å². The van der Waals surface area contributed by atoms with E-state index in [1.165, 1.54) is 19.2 Å². The van der Waals surface area contributed by atoms with Crippen LogP contribution in [0.4, 0.5) is 13.2 Å². The van der Waals surface area contributed by atoms with Gasteiger partial charge in [-0.3, -0.25) is 9.69 Å². The summed E-state index contributed by atoms with van der Waals surface area (Å²) in [6.45, 7) is 6.30. The molecule has 0 radical (unpaired) electrons.